The first-order chi connectivity index (χ1) is 9.57. The van der Waals surface area contributed by atoms with Gasteiger partial charge in [-0.25, -0.2) is 0 Å². The van der Waals surface area contributed by atoms with Gasteiger partial charge in [-0.15, -0.1) is 0 Å². The zero-order valence-corrected chi connectivity index (χ0v) is 13.9. The SMILES string of the molecule is C[CH2][Ge]([CH2]C)([CH2]C)[c]1c(F)c(F)c(F)c(C(F)(F)F)c1F. The standard InChI is InChI=1S/C13H15F7Ge/c1-4-21(5-2,6-3)12-9(15)7(13(18,19)20)8(14)10(16)11(12)17/h4-6H2,1-3H3. The monoisotopic (exact) mass is 378 g/mol. The molecule has 0 aromatic heterocycles. The number of benzene rings is 1. The average Bonchev–Trinajstić information content (AvgIpc) is 2.40. The molecule has 0 bridgehead atoms. The van der Waals surface area contributed by atoms with Crippen LogP contribution < -0.4 is 4.40 Å². The third-order valence-electron chi connectivity index (χ3n) is 4.11. The van der Waals surface area contributed by atoms with Gasteiger partial charge < -0.3 is 0 Å². The van der Waals surface area contributed by atoms with Crippen molar-refractivity contribution in [3.05, 3.63) is 28.8 Å². The summed E-state index contributed by atoms with van der Waals surface area (Å²) >= 11 is -3.59. The van der Waals surface area contributed by atoms with E-state index in [9.17, 15) is 30.7 Å². The Bertz CT molecular complexity index is 524. The van der Waals surface area contributed by atoms with Gasteiger partial charge in [0.25, 0.3) is 0 Å². The second-order valence-electron chi connectivity index (χ2n) is 4.84. The summed E-state index contributed by atoms with van der Waals surface area (Å²) in [5.41, 5.74) is -2.33. The first kappa shape index (κ1) is 18.3. The van der Waals surface area contributed by atoms with Crippen molar-refractivity contribution >= 4 is 17.7 Å². The van der Waals surface area contributed by atoms with Crippen LogP contribution in [0.1, 0.15) is 26.3 Å². The van der Waals surface area contributed by atoms with Crippen LogP contribution in [0.15, 0.2) is 0 Å². The predicted molar refractivity (Wildman–Crippen MR) is 68.1 cm³/mol. The molecular weight excluding hydrogens is 362 g/mol. The summed E-state index contributed by atoms with van der Waals surface area (Å²) in [6.07, 6.45) is -5.42. The molecule has 0 aliphatic heterocycles. The van der Waals surface area contributed by atoms with Gasteiger partial charge in [0.2, 0.25) is 0 Å². The normalized spacial score (nSPS) is 12.9. The van der Waals surface area contributed by atoms with Crippen LogP contribution in [0.2, 0.25) is 15.8 Å². The minimum atomic E-state index is -5.42. The Balaban J connectivity index is 3.88. The molecule has 1 aromatic carbocycles. The summed E-state index contributed by atoms with van der Waals surface area (Å²) in [5.74, 6) is -8.54. The molecule has 0 radical (unpaired) electrons. The maximum absolute atomic E-state index is 14.2. The molecule has 1 aromatic rings. The molecule has 0 N–H and O–H groups in total. The Morgan fingerprint density at radius 1 is 0.714 bits per heavy atom. The molecule has 0 unspecified atom stereocenters. The summed E-state index contributed by atoms with van der Waals surface area (Å²) in [6.45, 7) is 4.83. The van der Waals surface area contributed by atoms with E-state index >= 15 is 0 Å². The number of halogens is 7. The van der Waals surface area contributed by atoms with Crippen LogP contribution in [0.4, 0.5) is 30.7 Å². The van der Waals surface area contributed by atoms with E-state index in [1.807, 2.05) is 0 Å². The molecular formula is C13H15F7Ge. The Hall–Kier alpha value is -0.727. The molecule has 8 heteroatoms. The molecule has 120 valence electrons. The molecule has 1 rings (SSSR count). The molecule has 0 nitrogen and oxygen atoms in total. The molecule has 0 aliphatic carbocycles. The summed E-state index contributed by atoms with van der Waals surface area (Å²) in [5, 5.41) is 0.843. The summed E-state index contributed by atoms with van der Waals surface area (Å²) < 4.78 is 92.5. The van der Waals surface area contributed by atoms with Gasteiger partial charge in [0, 0.05) is 0 Å². The zero-order chi connectivity index (χ0) is 16.6. The number of hydrogen-bond acceptors (Lipinski definition) is 0. The van der Waals surface area contributed by atoms with Crippen molar-refractivity contribution in [3.8, 4) is 0 Å². The molecule has 0 atom stereocenters. The van der Waals surface area contributed by atoms with Crippen LogP contribution in [0, 0.1) is 23.3 Å². The summed E-state index contributed by atoms with van der Waals surface area (Å²) in [4.78, 5) is 0. The summed E-state index contributed by atoms with van der Waals surface area (Å²) in [6, 6.07) is 0. The van der Waals surface area contributed by atoms with Crippen LogP contribution in [0.5, 0.6) is 0 Å². The maximum atomic E-state index is 14.2. The van der Waals surface area contributed by atoms with E-state index in [4.69, 9.17) is 0 Å². The molecule has 0 aliphatic rings. The van der Waals surface area contributed by atoms with Gasteiger partial charge >= 0.3 is 120 Å². The fourth-order valence-corrected chi connectivity index (χ4v) is 10.4. The number of rotatable bonds is 4. The van der Waals surface area contributed by atoms with E-state index in [1.165, 1.54) is 0 Å². The topological polar surface area (TPSA) is 0 Å². The van der Waals surface area contributed by atoms with Crippen molar-refractivity contribution in [2.75, 3.05) is 0 Å². The Morgan fingerprint density at radius 2 is 1.14 bits per heavy atom. The Labute approximate surface area is 120 Å². The minimum absolute atomic E-state index is 0.281. The Morgan fingerprint density at radius 3 is 1.48 bits per heavy atom. The fourth-order valence-electron chi connectivity index (χ4n) is 2.63. The van der Waals surface area contributed by atoms with Crippen molar-refractivity contribution < 1.29 is 30.7 Å². The quantitative estimate of drug-likeness (QED) is 0.301. The summed E-state index contributed by atoms with van der Waals surface area (Å²) in [7, 11) is 0. The van der Waals surface area contributed by atoms with Gasteiger partial charge in [-0.3, -0.25) is 0 Å². The van der Waals surface area contributed by atoms with Crippen molar-refractivity contribution in [3.63, 3.8) is 0 Å². The molecule has 0 heterocycles. The van der Waals surface area contributed by atoms with E-state index in [-0.39, 0.29) is 15.8 Å². The third-order valence-corrected chi connectivity index (χ3v) is 15.8. The second kappa shape index (κ2) is 6.18. The van der Waals surface area contributed by atoms with Gasteiger partial charge in [-0.05, 0) is 0 Å². The number of alkyl halides is 3. The average molecular weight is 377 g/mol. The molecule has 0 saturated carbocycles. The molecule has 21 heavy (non-hydrogen) atoms. The fraction of sp³-hybridized carbons (Fsp3) is 0.538. The zero-order valence-electron chi connectivity index (χ0n) is 11.8. The second-order valence-corrected chi connectivity index (χ2v) is 15.7. The first-order valence-corrected chi connectivity index (χ1v) is 12.0. The van der Waals surface area contributed by atoms with Gasteiger partial charge in [0.15, 0.2) is 0 Å². The molecule has 0 spiro atoms. The van der Waals surface area contributed by atoms with Gasteiger partial charge in [0.05, 0.1) is 0 Å². The van der Waals surface area contributed by atoms with E-state index in [0.717, 1.165) is 0 Å². The molecule has 0 saturated heterocycles. The van der Waals surface area contributed by atoms with Crippen molar-refractivity contribution in [2.24, 2.45) is 0 Å². The van der Waals surface area contributed by atoms with E-state index in [2.05, 4.69) is 0 Å². The van der Waals surface area contributed by atoms with Crippen molar-refractivity contribution in [1.82, 2.24) is 0 Å². The number of hydrogen-bond donors (Lipinski definition) is 0. The van der Waals surface area contributed by atoms with E-state index < -0.39 is 52.7 Å². The van der Waals surface area contributed by atoms with Crippen molar-refractivity contribution in [1.29, 1.82) is 0 Å². The molecule has 0 amide bonds. The Kier molecular flexibility index (Phi) is 5.39. The van der Waals surface area contributed by atoms with Crippen LogP contribution >= 0.6 is 0 Å². The van der Waals surface area contributed by atoms with E-state index in [1.54, 1.807) is 20.8 Å². The first-order valence-electron chi connectivity index (χ1n) is 6.50. The van der Waals surface area contributed by atoms with Gasteiger partial charge in [-0.2, -0.15) is 0 Å². The van der Waals surface area contributed by atoms with Gasteiger partial charge in [0.1, 0.15) is 0 Å². The van der Waals surface area contributed by atoms with Crippen LogP contribution in [0.25, 0.3) is 0 Å². The molecule has 0 fully saturated rings. The van der Waals surface area contributed by atoms with Crippen LogP contribution in [-0.2, 0) is 6.18 Å². The van der Waals surface area contributed by atoms with Gasteiger partial charge in [-0.1, -0.05) is 0 Å². The van der Waals surface area contributed by atoms with E-state index in [0.29, 0.717) is 0 Å². The van der Waals surface area contributed by atoms with Crippen LogP contribution in [0.3, 0.4) is 0 Å². The third kappa shape index (κ3) is 2.93. The predicted octanol–water partition coefficient (Wildman–Crippen LogP) is 4.98. The van der Waals surface area contributed by atoms with Crippen LogP contribution in [-0.4, -0.2) is 13.3 Å². The van der Waals surface area contributed by atoms with Crippen molar-refractivity contribution in [2.45, 2.75) is 42.7 Å².